The van der Waals surface area contributed by atoms with Crippen molar-refractivity contribution in [3.63, 3.8) is 0 Å². The van der Waals surface area contributed by atoms with Gasteiger partial charge >= 0.3 is 0 Å². The molecule has 0 aliphatic carbocycles. The first-order valence-corrected chi connectivity index (χ1v) is 11.8. The molecular formula is C23H35BrN4O2. The highest BCUT2D eigenvalue weighted by Gasteiger charge is 2.28. The summed E-state index contributed by atoms with van der Waals surface area (Å²) in [6.07, 6.45) is 1.21. The molecule has 6 nitrogen and oxygen atoms in total. The lowest BCUT2D eigenvalue weighted by molar-refractivity contribution is -0.136. The Labute approximate surface area is 189 Å². The fourth-order valence-corrected chi connectivity index (χ4v) is 4.96. The van der Waals surface area contributed by atoms with Gasteiger partial charge in [-0.3, -0.25) is 19.4 Å². The Morgan fingerprint density at radius 3 is 2.17 bits per heavy atom. The molecule has 2 saturated heterocycles. The normalized spacial score (nSPS) is 23.4. The second-order valence-electron chi connectivity index (χ2n) is 9.14. The van der Waals surface area contributed by atoms with Crippen LogP contribution in [0.15, 0.2) is 28.7 Å². The first-order chi connectivity index (χ1) is 14.3. The van der Waals surface area contributed by atoms with Gasteiger partial charge < -0.3 is 9.80 Å². The summed E-state index contributed by atoms with van der Waals surface area (Å²) < 4.78 is 1.03. The van der Waals surface area contributed by atoms with Crippen LogP contribution in [0.5, 0.6) is 0 Å². The molecule has 1 aromatic carbocycles. The Kier molecular flexibility index (Phi) is 8.31. The van der Waals surface area contributed by atoms with E-state index in [0.29, 0.717) is 31.5 Å². The van der Waals surface area contributed by atoms with Gasteiger partial charge in [0.15, 0.2) is 0 Å². The van der Waals surface area contributed by atoms with E-state index in [4.69, 9.17) is 0 Å². The molecule has 2 fully saturated rings. The van der Waals surface area contributed by atoms with Crippen molar-refractivity contribution in [3.05, 3.63) is 34.3 Å². The topological polar surface area (TPSA) is 47.1 Å². The lowest BCUT2D eigenvalue weighted by atomic mass is 9.92. The molecule has 7 heteroatoms. The average molecular weight is 479 g/mol. The number of likely N-dealkylation sites (N-methyl/N-ethyl adjacent to an activating group) is 1. The molecule has 2 atom stereocenters. The third-order valence-corrected chi connectivity index (χ3v) is 6.97. The zero-order valence-electron chi connectivity index (χ0n) is 18.5. The van der Waals surface area contributed by atoms with Gasteiger partial charge in [-0.05, 0) is 29.9 Å². The predicted molar refractivity (Wildman–Crippen MR) is 123 cm³/mol. The van der Waals surface area contributed by atoms with E-state index in [0.717, 1.165) is 49.3 Å². The van der Waals surface area contributed by atoms with Gasteiger partial charge in [0.2, 0.25) is 11.8 Å². The van der Waals surface area contributed by atoms with Crippen molar-refractivity contribution in [1.82, 2.24) is 19.6 Å². The van der Waals surface area contributed by atoms with E-state index in [2.05, 4.69) is 39.6 Å². The Hall–Kier alpha value is -1.44. The Bertz CT molecular complexity index is 726. The van der Waals surface area contributed by atoms with Gasteiger partial charge in [0.1, 0.15) is 0 Å². The maximum atomic E-state index is 12.7. The average Bonchev–Trinajstić information content (AvgIpc) is 2.70. The number of piperazine rings is 1. The van der Waals surface area contributed by atoms with Crippen molar-refractivity contribution in [2.45, 2.75) is 26.8 Å². The Morgan fingerprint density at radius 2 is 1.57 bits per heavy atom. The Balaban J connectivity index is 1.40. The highest BCUT2D eigenvalue weighted by atomic mass is 79.9. The number of carbonyl (C=O) groups excluding carboxylic acids is 2. The largest absolute Gasteiger partial charge is 0.341 e. The summed E-state index contributed by atoms with van der Waals surface area (Å²) in [4.78, 5) is 33.6. The number of likely N-dealkylation sites (tertiary alicyclic amines) is 1. The first kappa shape index (κ1) is 23.2. The summed E-state index contributed by atoms with van der Waals surface area (Å²) in [6.45, 7) is 11.1. The van der Waals surface area contributed by atoms with Crippen molar-refractivity contribution in [2.75, 3.05) is 59.4 Å². The van der Waals surface area contributed by atoms with Crippen LogP contribution in [-0.4, -0.2) is 90.8 Å². The molecule has 0 unspecified atom stereocenters. The van der Waals surface area contributed by atoms with Gasteiger partial charge in [-0.1, -0.05) is 48.0 Å². The number of hydrogen-bond acceptors (Lipinski definition) is 4. The van der Waals surface area contributed by atoms with E-state index >= 15 is 0 Å². The first-order valence-electron chi connectivity index (χ1n) is 11.0. The van der Waals surface area contributed by atoms with Gasteiger partial charge in [0, 0.05) is 57.3 Å². The molecule has 3 rings (SSSR count). The lowest BCUT2D eigenvalue weighted by Gasteiger charge is -2.38. The molecule has 2 heterocycles. The molecule has 1 aromatic rings. The van der Waals surface area contributed by atoms with Gasteiger partial charge in [0.05, 0.1) is 13.1 Å². The molecule has 0 N–H and O–H groups in total. The maximum Gasteiger partial charge on any atom is 0.236 e. The third-order valence-electron chi connectivity index (χ3n) is 6.20. The van der Waals surface area contributed by atoms with Crippen LogP contribution >= 0.6 is 15.9 Å². The molecule has 0 radical (unpaired) electrons. The van der Waals surface area contributed by atoms with Gasteiger partial charge in [0.25, 0.3) is 0 Å². The Morgan fingerprint density at radius 1 is 1.00 bits per heavy atom. The number of amides is 2. The second kappa shape index (κ2) is 10.7. The SMILES string of the molecule is C[C@H]1C[C@H](C)CN(C(=O)CN2CCN(CC(=O)N(C)Cc3ccccc3Br)CC2)C1. The molecule has 0 bridgehead atoms. The molecule has 0 aromatic heterocycles. The summed E-state index contributed by atoms with van der Waals surface area (Å²) in [5, 5.41) is 0. The fraction of sp³-hybridized carbons (Fsp3) is 0.652. The number of hydrogen-bond donors (Lipinski definition) is 0. The number of carbonyl (C=O) groups is 2. The molecular weight excluding hydrogens is 444 g/mol. The minimum absolute atomic E-state index is 0.131. The van der Waals surface area contributed by atoms with E-state index < -0.39 is 0 Å². The van der Waals surface area contributed by atoms with E-state index in [1.807, 2.05) is 36.2 Å². The van der Waals surface area contributed by atoms with Gasteiger partial charge in [-0.15, -0.1) is 0 Å². The highest BCUT2D eigenvalue weighted by Crippen LogP contribution is 2.21. The van der Waals surface area contributed by atoms with Crippen molar-refractivity contribution in [2.24, 2.45) is 11.8 Å². The number of halogens is 1. The molecule has 2 aliphatic heterocycles. The molecule has 0 saturated carbocycles. The second-order valence-corrected chi connectivity index (χ2v) is 9.99. The van der Waals surface area contributed by atoms with Gasteiger partial charge in [-0.2, -0.15) is 0 Å². The minimum atomic E-state index is 0.131. The van der Waals surface area contributed by atoms with Crippen LogP contribution in [0.3, 0.4) is 0 Å². The summed E-state index contributed by atoms with van der Waals surface area (Å²) in [6, 6.07) is 8.00. The van der Waals surface area contributed by atoms with Crippen LogP contribution < -0.4 is 0 Å². The lowest BCUT2D eigenvalue weighted by Crippen LogP contribution is -2.53. The van der Waals surface area contributed by atoms with Crippen molar-refractivity contribution >= 4 is 27.7 Å². The van der Waals surface area contributed by atoms with Crippen LogP contribution in [0, 0.1) is 11.8 Å². The van der Waals surface area contributed by atoms with Gasteiger partial charge in [-0.25, -0.2) is 0 Å². The van der Waals surface area contributed by atoms with E-state index in [9.17, 15) is 9.59 Å². The van der Waals surface area contributed by atoms with Crippen LogP contribution in [0.2, 0.25) is 0 Å². The summed E-state index contributed by atoms with van der Waals surface area (Å²) in [5.74, 6) is 1.57. The number of benzene rings is 1. The van der Waals surface area contributed by atoms with Crippen LogP contribution in [0.1, 0.15) is 25.8 Å². The molecule has 2 amide bonds. The van der Waals surface area contributed by atoms with Crippen molar-refractivity contribution < 1.29 is 9.59 Å². The predicted octanol–water partition coefficient (Wildman–Crippen LogP) is 2.53. The fourth-order valence-electron chi connectivity index (χ4n) is 4.55. The van der Waals surface area contributed by atoms with Crippen LogP contribution in [0.4, 0.5) is 0 Å². The van der Waals surface area contributed by atoms with E-state index in [-0.39, 0.29) is 11.8 Å². The number of piperidine rings is 1. The molecule has 2 aliphatic rings. The molecule has 0 spiro atoms. The maximum absolute atomic E-state index is 12.7. The van der Waals surface area contributed by atoms with E-state index in [1.54, 1.807) is 4.90 Å². The number of rotatable bonds is 6. The standard InChI is InChI=1S/C23H35BrN4O2/c1-18-12-19(2)14-28(13-18)23(30)17-27-10-8-26(9-11-27)16-22(29)25(3)15-20-6-4-5-7-21(20)24/h4-7,18-19H,8-17H2,1-3H3/t18-,19-/m0/s1. The molecule has 166 valence electrons. The van der Waals surface area contributed by atoms with Crippen molar-refractivity contribution in [3.8, 4) is 0 Å². The zero-order chi connectivity index (χ0) is 21.7. The summed E-state index contributed by atoms with van der Waals surface area (Å²) >= 11 is 3.55. The van der Waals surface area contributed by atoms with Crippen LogP contribution in [-0.2, 0) is 16.1 Å². The summed E-state index contributed by atoms with van der Waals surface area (Å²) in [7, 11) is 1.86. The molecule has 30 heavy (non-hydrogen) atoms. The third kappa shape index (κ3) is 6.53. The van der Waals surface area contributed by atoms with Crippen LogP contribution in [0.25, 0.3) is 0 Å². The summed E-state index contributed by atoms with van der Waals surface area (Å²) in [5.41, 5.74) is 1.11. The minimum Gasteiger partial charge on any atom is -0.341 e. The van der Waals surface area contributed by atoms with Crippen molar-refractivity contribution in [1.29, 1.82) is 0 Å². The smallest absolute Gasteiger partial charge is 0.236 e. The number of nitrogens with zero attached hydrogens (tertiary/aromatic N) is 4. The zero-order valence-corrected chi connectivity index (χ0v) is 20.1. The van der Waals surface area contributed by atoms with E-state index in [1.165, 1.54) is 6.42 Å². The quantitative estimate of drug-likeness (QED) is 0.630. The monoisotopic (exact) mass is 478 g/mol. The highest BCUT2D eigenvalue weighted by molar-refractivity contribution is 9.10.